The molecule has 6 nitrogen and oxygen atoms in total. The van der Waals surface area contributed by atoms with E-state index in [2.05, 4.69) is 10.3 Å². The van der Waals surface area contributed by atoms with E-state index in [4.69, 9.17) is 0 Å². The summed E-state index contributed by atoms with van der Waals surface area (Å²) in [5, 5.41) is 14.4. The molecule has 1 amide bonds. The first-order valence-electron chi connectivity index (χ1n) is 8.44. The summed E-state index contributed by atoms with van der Waals surface area (Å²) < 4.78 is 1.47. The number of nitrogens with zero attached hydrogens (tertiary/aromatic N) is 2. The number of hydrogen-bond acceptors (Lipinski definition) is 5. The Morgan fingerprint density at radius 3 is 2.77 bits per heavy atom. The van der Waals surface area contributed by atoms with Crippen molar-refractivity contribution in [2.24, 2.45) is 0 Å². The topological polar surface area (TPSA) is 84.2 Å². The molecule has 2 heterocycles. The molecule has 0 bridgehead atoms. The highest BCUT2D eigenvalue weighted by molar-refractivity contribution is 7.17. The number of carbonyl (C=O) groups excluding carboxylic acids is 1. The molecule has 0 saturated carbocycles. The summed E-state index contributed by atoms with van der Waals surface area (Å²) in [6, 6.07) is 8.02. The van der Waals surface area contributed by atoms with E-state index < -0.39 is 6.10 Å². The van der Waals surface area contributed by atoms with Gasteiger partial charge < -0.3 is 10.4 Å². The number of rotatable bonds is 6. The fraction of sp³-hybridized carbons (Fsp3) is 0.316. The van der Waals surface area contributed by atoms with E-state index in [0.717, 1.165) is 16.7 Å². The molecule has 0 saturated heterocycles. The average Bonchev–Trinajstić information content (AvgIpc) is 3.05. The van der Waals surface area contributed by atoms with E-state index in [1.54, 1.807) is 6.92 Å². The number of amides is 1. The second-order valence-electron chi connectivity index (χ2n) is 6.34. The third kappa shape index (κ3) is 4.00. The predicted octanol–water partition coefficient (Wildman–Crippen LogP) is 2.32. The SMILES string of the molecule is Cc1ccc(-c2csc3ncn(CCC(=O)NCC(C)O)c(=O)c23)cc1. The molecule has 2 N–H and O–H groups in total. The van der Waals surface area contributed by atoms with E-state index in [-0.39, 0.29) is 31.0 Å². The lowest BCUT2D eigenvalue weighted by molar-refractivity contribution is -0.121. The maximum atomic E-state index is 12.9. The van der Waals surface area contributed by atoms with Crippen LogP contribution in [0.1, 0.15) is 18.9 Å². The van der Waals surface area contributed by atoms with Gasteiger partial charge in [-0.05, 0) is 19.4 Å². The van der Waals surface area contributed by atoms with Gasteiger partial charge in [0.15, 0.2) is 0 Å². The molecular formula is C19H21N3O3S. The van der Waals surface area contributed by atoms with Crippen molar-refractivity contribution >= 4 is 27.5 Å². The number of thiophene rings is 1. The number of aryl methyl sites for hydroxylation is 2. The Morgan fingerprint density at radius 1 is 1.35 bits per heavy atom. The van der Waals surface area contributed by atoms with Crippen LogP contribution in [0.2, 0.25) is 0 Å². The number of hydrogen-bond donors (Lipinski definition) is 2. The first kappa shape index (κ1) is 18.3. The Bertz CT molecular complexity index is 974. The molecule has 3 rings (SSSR count). The quantitative estimate of drug-likeness (QED) is 0.696. The van der Waals surface area contributed by atoms with Crippen molar-refractivity contribution in [3.05, 3.63) is 51.9 Å². The number of aliphatic hydroxyl groups excluding tert-OH is 1. The molecule has 7 heteroatoms. The molecule has 2 aromatic heterocycles. The fourth-order valence-electron chi connectivity index (χ4n) is 2.64. The van der Waals surface area contributed by atoms with E-state index in [9.17, 15) is 14.7 Å². The molecule has 136 valence electrons. The molecule has 0 aliphatic heterocycles. The Hall–Kier alpha value is -2.51. The summed E-state index contributed by atoms with van der Waals surface area (Å²) in [6.45, 7) is 4.07. The summed E-state index contributed by atoms with van der Waals surface area (Å²) in [4.78, 5) is 29.8. The lowest BCUT2D eigenvalue weighted by Gasteiger charge is -2.08. The Kier molecular flexibility index (Phi) is 5.49. The van der Waals surface area contributed by atoms with Gasteiger partial charge in [0.1, 0.15) is 4.83 Å². The van der Waals surface area contributed by atoms with Crippen LogP contribution >= 0.6 is 11.3 Å². The first-order chi connectivity index (χ1) is 12.5. The molecule has 0 spiro atoms. The molecule has 3 aromatic rings. The molecule has 1 aromatic carbocycles. The zero-order chi connectivity index (χ0) is 18.7. The van der Waals surface area contributed by atoms with Crippen molar-refractivity contribution < 1.29 is 9.90 Å². The molecular weight excluding hydrogens is 350 g/mol. The molecule has 0 aliphatic rings. The lowest BCUT2D eigenvalue weighted by atomic mass is 10.1. The van der Waals surface area contributed by atoms with Crippen LogP contribution in [-0.2, 0) is 11.3 Å². The predicted molar refractivity (Wildman–Crippen MR) is 103 cm³/mol. The minimum absolute atomic E-state index is 0.143. The summed E-state index contributed by atoms with van der Waals surface area (Å²) in [5.74, 6) is -0.207. The third-order valence-corrected chi connectivity index (χ3v) is 4.98. The van der Waals surface area contributed by atoms with Gasteiger partial charge in [0.25, 0.3) is 5.56 Å². The maximum Gasteiger partial charge on any atom is 0.262 e. The molecule has 1 atom stereocenters. The molecule has 0 fully saturated rings. The van der Waals surface area contributed by atoms with Crippen molar-refractivity contribution in [3.63, 3.8) is 0 Å². The van der Waals surface area contributed by atoms with Crippen molar-refractivity contribution in [1.82, 2.24) is 14.9 Å². The zero-order valence-electron chi connectivity index (χ0n) is 14.7. The average molecular weight is 371 g/mol. The van der Waals surface area contributed by atoms with Crippen molar-refractivity contribution in [2.75, 3.05) is 6.54 Å². The van der Waals surface area contributed by atoms with E-state index in [0.29, 0.717) is 10.2 Å². The highest BCUT2D eigenvalue weighted by atomic mass is 32.1. The summed E-state index contributed by atoms with van der Waals surface area (Å²) >= 11 is 1.44. The largest absolute Gasteiger partial charge is 0.392 e. The molecule has 0 radical (unpaired) electrons. The van der Waals surface area contributed by atoms with E-state index in [1.165, 1.54) is 22.2 Å². The highest BCUT2D eigenvalue weighted by Crippen LogP contribution is 2.30. The molecule has 1 unspecified atom stereocenters. The highest BCUT2D eigenvalue weighted by Gasteiger charge is 2.14. The smallest absolute Gasteiger partial charge is 0.262 e. The minimum Gasteiger partial charge on any atom is -0.392 e. The summed E-state index contributed by atoms with van der Waals surface area (Å²) in [5.41, 5.74) is 2.87. The van der Waals surface area contributed by atoms with Crippen LogP contribution < -0.4 is 10.9 Å². The van der Waals surface area contributed by atoms with Crippen molar-refractivity contribution in [1.29, 1.82) is 0 Å². The van der Waals surface area contributed by atoms with Crippen LogP contribution in [0.15, 0.2) is 40.8 Å². The van der Waals surface area contributed by atoms with Crippen LogP contribution in [0.4, 0.5) is 0 Å². The van der Waals surface area contributed by atoms with Gasteiger partial charge in [-0.2, -0.15) is 0 Å². The van der Waals surface area contributed by atoms with Crippen LogP contribution in [0, 0.1) is 6.92 Å². The number of carbonyl (C=O) groups is 1. The monoisotopic (exact) mass is 371 g/mol. The van der Waals surface area contributed by atoms with Gasteiger partial charge >= 0.3 is 0 Å². The standard InChI is InChI=1S/C19H21N3O3S/c1-12-3-5-14(6-4-12)15-10-26-18-17(15)19(25)22(11-21-18)8-7-16(24)20-9-13(2)23/h3-6,10-11,13,23H,7-9H2,1-2H3,(H,20,24). The Morgan fingerprint density at radius 2 is 2.08 bits per heavy atom. The second kappa shape index (κ2) is 7.80. The van der Waals surface area contributed by atoms with Crippen LogP contribution in [0.3, 0.4) is 0 Å². The second-order valence-corrected chi connectivity index (χ2v) is 7.20. The van der Waals surface area contributed by atoms with Gasteiger partial charge in [-0.15, -0.1) is 11.3 Å². The van der Waals surface area contributed by atoms with Crippen molar-refractivity contribution in [3.8, 4) is 11.1 Å². The summed E-state index contributed by atoms with van der Waals surface area (Å²) in [7, 11) is 0. The van der Waals surface area contributed by atoms with Gasteiger partial charge in [-0.1, -0.05) is 29.8 Å². The van der Waals surface area contributed by atoms with E-state index >= 15 is 0 Å². The van der Waals surface area contributed by atoms with Gasteiger partial charge in [-0.3, -0.25) is 14.2 Å². The number of fused-ring (bicyclic) bond motifs is 1. The van der Waals surface area contributed by atoms with Crippen molar-refractivity contribution in [2.45, 2.75) is 32.9 Å². The zero-order valence-corrected chi connectivity index (χ0v) is 15.5. The third-order valence-electron chi connectivity index (χ3n) is 4.10. The number of benzene rings is 1. The Labute approximate surface area is 155 Å². The normalized spacial score (nSPS) is 12.3. The van der Waals surface area contributed by atoms with Gasteiger partial charge in [-0.25, -0.2) is 4.98 Å². The van der Waals surface area contributed by atoms with Gasteiger partial charge in [0.05, 0.1) is 17.8 Å². The van der Waals surface area contributed by atoms with Gasteiger partial charge in [0, 0.05) is 30.5 Å². The summed E-state index contributed by atoms with van der Waals surface area (Å²) in [6.07, 6.45) is 1.05. The van der Waals surface area contributed by atoms with Crippen LogP contribution in [0.25, 0.3) is 21.3 Å². The molecule has 26 heavy (non-hydrogen) atoms. The molecule has 0 aliphatic carbocycles. The lowest BCUT2D eigenvalue weighted by Crippen LogP contribution is -2.32. The van der Waals surface area contributed by atoms with Gasteiger partial charge in [0.2, 0.25) is 5.91 Å². The Balaban J connectivity index is 1.86. The fourth-order valence-corrected chi connectivity index (χ4v) is 3.55. The van der Waals surface area contributed by atoms with Crippen LogP contribution in [0.5, 0.6) is 0 Å². The van der Waals surface area contributed by atoms with E-state index in [1.807, 2.05) is 36.6 Å². The number of aliphatic hydroxyl groups is 1. The maximum absolute atomic E-state index is 12.9. The number of aromatic nitrogens is 2. The first-order valence-corrected chi connectivity index (χ1v) is 9.32. The minimum atomic E-state index is -0.595. The number of nitrogens with one attached hydrogen (secondary N) is 1. The van der Waals surface area contributed by atoms with Crippen LogP contribution in [-0.4, -0.2) is 33.2 Å².